The van der Waals surface area contributed by atoms with Crippen molar-refractivity contribution >= 4 is 12.0 Å². The van der Waals surface area contributed by atoms with Gasteiger partial charge in [-0.25, -0.2) is 4.79 Å². The summed E-state index contributed by atoms with van der Waals surface area (Å²) >= 11 is 0. The molecule has 6 nitrogen and oxygen atoms in total. The monoisotopic (exact) mass is 393 g/mol. The third kappa shape index (κ3) is 3.98. The van der Waals surface area contributed by atoms with E-state index < -0.39 is 11.6 Å². The molecule has 2 aromatic carbocycles. The predicted octanol–water partition coefficient (Wildman–Crippen LogP) is 2.87. The molecular weight excluding hydrogens is 366 g/mol. The molecular formula is C23H27N3O3. The number of hydrogen-bond donors (Lipinski definition) is 3. The molecule has 2 amide bonds. The molecule has 0 saturated carbocycles. The minimum atomic E-state index is -1.09. The molecule has 0 radical (unpaired) electrons. The van der Waals surface area contributed by atoms with E-state index in [1.165, 1.54) is 11.1 Å². The molecule has 3 N–H and O–H groups in total. The Balaban J connectivity index is 1.39. The maximum atomic E-state index is 13.0. The van der Waals surface area contributed by atoms with Crippen LogP contribution in [0.15, 0.2) is 54.6 Å². The maximum absolute atomic E-state index is 13.0. The molecule has 1 aliphatic heterocycles. The van der Waals surface area contributed by atoms with Crippen LogP contribution in [0, 0.1) is 5.92 Å². The molecule has 0 spiro atoms. The molecule has 2 aromatic rings. The first kappa shape index (κ1) is 19.5. The van der Waals surface area contributed by atoms with Crippen molar-refractivity contribution < 1.29 is 14.3 Å². The van der Waals surface area contributed by atoms with Gasteiger partial charge in [-0.1, -0.05) is 54.6 Å². The zero-order chi connectivity index (χ0) is 20.4. The first-order chi connectivity index (χ1) is 14.0. The van der Waals surface area contributed by atoms with Crippen LogP contribution in [0.3, 0.4) is 0 Å². The number of nitrogens with one attached hydrogen (secondary N) is 3. The number of amides is 2. The van der Waals surface area contributed by atoms with E-state index in [2.05, 4.69) is 28.1 Å². The Kier molecular flexibility index (Phi) is 5.28. The van der Waals surface area contributed by atoms with Crippen molar-refractivity contribution in [2.24, 2.45) is 5.92 Å². The number of fused-ring (bicyclic) bond motifs is 3. The van der Waals surface area contributed by atoms with Gasteiger partial charge in [-0.3, -0.25) is 4.79 Å². The van der Waals surface area contributed by atoms with Crippen molar-refractivity contribution in [1.82, 2.24) is 16.0 Å². The average molecular weight is 393 g/mol. The quantitative estimate of drug-likeness (QED) is 0.730. The zero-order valence-corrected chi connectivity index (χ0v) is 16.8. The predicted molar refractivity (Wildman–Crippen MR) is 110 cm³/mol. The van der Waals surface area contributed by atoms with Crippen LogP contribution in [-0.4, -0.2) is 30.6 Å². The van der Waals surface area contributed by atoms with E-state index in [4.69, 9.17) is 4.74 Å². The fourth-order valence-corrected chi connectivity index (χ4v) is 4.33. The van der Waals surface area contributed by atoms with E-state index in [1.807, 2.05) is 42.5 Å². The molecule has 152 valence electrons. The van der Waals surface area contributed by atoms with Crippen molar-refractivity contribution in [3.63, 3.8) is 0 Å². The first-order valence-corrected chi connectivity index (χ1v) is 10.0. The van der Waals surface area contributed by atoms with E-state index in [-0.39, 0.29) is 18.6 Å². The van der Waals surface area contributed by atoms with Crippen molar-refractivity contribution in [2.45, 2.75) is 38.0 Å². The number of carbonyl (C=O) groups is 2. The lowest BCUT2D eigenvalue weighted by Crippen LogP contribution is -2.55. The molecule has 1 aliphatic carbocycles. The fourth-order valence-electron chi connectivity index (χ4n) is 4.33. The standard InChI is InChI=1S/C23H27N3O3/c1-23(2,26-22(28)29-14-15-8-4-3-5-9-15)21(27)25-20-17-11-7-6-10-16(17)18-12-24-13-19(18)20/h3-11,18-20,24H,12-14H2,1-2H3,(H,25,27)(H,26,28)/t18-,19-,20-/m0/s1. The normalized spacial score (nSPS) is 22.5. The fraction of sp³-hybridized carbons (Fsp3) is 0.391. The molecule has 1 heterocycles. The van der Waals surface area contributed by atoms with Gasteiger partial charge in [0.15, 0.2) is 0 Å². The third-order valence-electron chi connectivity index (χ3n) is 5.90. The second-order valence-electron chi connectivity index (χ2n) is 8.32. The highest BCUT2D eigenvalue weighted by Gasteiger charge is 2.45. The van der Waals surface area contributed by atoms with E-state index in [0.717, 1.165) is 18.7 Å². The highest BCUT2D eigenvalue weighted by atomic mass is 16.5. The Morgan fingerprint density at radius 3 is 2.48 bits per heavy atom. The lowest BCUT2D eigenvalue weighted by atomic mass is 9.94. The summed E-state index contributed by atoms with van der Waals surface area (Å²) in [5.74, 6) is 0.530. The Labute approximate surface area is 171 Å². The van der Waals surface area contributed by atoms with Crippen LogP contribution in [0.1, 0.15) is 42.5 Å². The molecule has 3 atom stereocenters. The van der Waals surface area contributed by atoms with Crippen LogP contribution in [0.4, 0.5) is 4.79 Å². The zero-order valence-electron chi connectivity index (χ0n) is 16.8. The van der Waals surface area contributed by atoms with E-state index in [0.29, 0.717) is 11.8 Å². The highest BCUT2D eigenvalue weighted by molar-refractivity contribution is 5.89. The summed E-state index contributed by atoms with van der Waals surface area (Å²) in [6, 6.07) is 17.7. The van der Waals surface area contributed by atoms with Crippen LogP contribution in [0.25, 0.3) is 0 Å². The number of hydrogen-bond acceptors (Lipinski definition) is 4. The van der Waals surface area contributed by atoms with Gasteiger partial charge in [0.2, 0.25) is 5.91 Å². The van der Waals surface area contributed by atoms with Gasteiger partial charge in [0, 0.05) is 24.9 Å². The molecule has 1 saturated heterocycles. The molecule has 0 bridgehead atoms. The first-order valence-electron chi connectivity index (χ1n) is 10.0. The van der Waals surface area contributed by atoms with Crippen LogP contribution >= 0.6 is 0 Å². The summed E-state index contributed by atoms with van der Waals surface area (Å²) < 4.78 is 5.27. The molecule has 1 fully saturated rings. The minimum absolute atomic E-state index is 0.0554. The smallest absolute Gasteiger partial charge is 0.408 e. The van der Waals surface area contributed by atoms with Crippen molar-refractivity contribution in [3.05, 3.63) is 71.3 Å². The number of carbonyl (C=O) groups excluding carboxylic acids is 2. The van der Waals surface area contributed by atoms with Crippen LogP contribution in [-0.2, 0) is 16.1 Å². The van der Waals surface area contributed by atoms with Gasteiger partial charge in [0.05, 0.1) is 6.04 Å². The molecule has 6 heteroatoms. The van der Waals surface area contributed by atoms with Gasteiger partial charge in [-0.15, -0.1) is 0 Å². The lowest BCUT2D eigenvalue weighted by Gasteiger charge is -2.29. The minimum Gasteiger partial charge on any atom is -0.445 e. The largest absolute Gasteiger partial charge is 0.445 e. The van der Waals surface area contributed by atoms with Crippen LogP contribution in [0.2, 0.25) is 0 Å². The number of alkyl carbamates (subject to hydrolysis) is 1. The SMILES string of the molecule is CC(C)(NC(=O)OCc1ccccc1)C(=O)N[C@H]1c2ccccc2[C@@H]2CNC[C@@H]21. The topological polar surface area (TPSA) is 79.5 Å². The van der Waals surface area contributed by atoms with Crippen molar-refractivity contribution in [3.8, 4) is 0 Å². The number of benzene rings is 2. The summed E-state index contributed by atoms with van der Waals surface area (Å²) in [4.78, 5) is 25.3. The van der Waals surface area contributed by atoms with Gasteiger partial charge in [-0.05, 0) is 30.5 Å². The Hall–Kier alpha value is -2.86. The van der Waals surface area contributed by atoms with Crippen LogP contribution in [0.5, 0.6) is 0 Å². The Morgan fingerprint density at radius 1 is 1.03 bits per heavy atom. The van der Waals surface area contributed by atoms with Crippen molar-refractivity contribution in [1.29, 1.82) is 0 Å². The summed E-state index contributed by atoms with van der Waals surface area (Å²) in [6.07, 6.45) is -0.610. The molecule has 29 heavy (non-hydrogen) atoms. The van der Waals surface area contributed by atoms with Gasteiger partial charge in [0.25, 0.3) is 0 Å². The van der Waals surface area contributed by atoms with Gasteiger partial charge in [-0.2, -0.15) is 0 Å². The maximum Gasteiger partial charge on any atom is 0.408 e. The number of rotatable bonds is 5. The van der Waals surface area contributed by atoms with Crippen LogP contribution < -0.4 is 16.0 Å². The number of ether oxygens (including phenoxy) is 1. The average Bonchev–Trinajstić information content (AvgIpc) is 3.30. The lowest BCUT2D eigenvalue weighted by molar-refractivity contribution is -0.127. The summed E-state index contributed by atoms with van der Waals surface area (Å²) in [6.45, 7) is 5.35. The molecule has 2 aliphatic rings. The van der Waals surface area contributed by atoms with Gasteiger partial charge >= 0.3 is 6.09 Å². The van der Waals surface area contributed by atoms with E-state index >= 15 is 0 Å². The Morgan fingerprint density at radius 2 is 1.72 bits per heavy atom. The van der Waals surface area contributed by atoms with E-state index in [1.54, 1.807) is 13.8 Å². The van der Waals surface area contributed by atoms with Gasteiger partial charge in [0.1, 0.15) is 12.1 Å². The summed E-state index contributed by atoms with van der Waals surface area (Å²) in [5.41, 5.74) is 2.29. The molecule has 0 unspecified atom stereocenters. The highest BCUT2D eigenvalue weighted by Crippen LogP contribution is 2.46. The third-order valence-corrected chi connectivity index (χ3v) is 5.90. The second kappa shape index (κ2) is 7.87. The second-order valence-corrected chi connectivity index (χ2v) is 8.32. The van der Waals surface area contributed by atoms with E-state index in [9.17, 15) is 9.59 Å². The summed E-state index contributed by atoms with van der Waals surface area (Å²) in [5, 5.41) is 9.30. The summed E-state index contributed by atoms with van der Waals surface area (Å²) in [7, 11) is 0. The Bertz CT molecular complexity index is 897. The molecule has 0 aromatic heterocycles. The van der Waals surface area contributed by atoms with Crippen molar-refractivity contribution in [2.75, 3.05) is 13.1 Å². The van der Waals surface area contributed by atoms with Gasteiger partial charge < -0.3 is 20.7 Å². The molecule has 4 rings (SSSR count).